The molecule has 7 heterocycles. The van der Waals surface area contributed by atoms with Crippen LogP contribution >= 0.6 is 11.3 Å². The molecule has 0 N–H and O–H groups in total. The molecule has 0 saturated carbocycles. The average molecular weight is 597 g/mol. The maximum Gasteiger partial charge on any atom is 0.242 e. The number of thiophene rings is 1. The molecule has 3 aromatic carbocycles. The normalized spacial score (nSPS) is 12.0. The van der Waals surface area contributed by atoms with E-state index in [2.05, 4.69) is 72.8 Å². The standard InChI is InChI=1S/C36H20N8S/c1-3-13-28-22(8-1)24-10-5-17-37-32(24)43(28)35-40-31(21-15-16-30-27(20-21)23-9-2-4-14-29(23)45-30)41-36(42-35)44-33-25(11-6-18-38-33)26-12-7-19-39-34(26)44/h1-20H. The van der Waals surface area contributed by atoms with E-state index in [0.29, 0.717) is 17.7 Å². The fourth-order valence-electron chi connectivity index (χ4n) is 6.41. The second kappa shape index (κ2) is 9.22. The number of rotatable bonds is 3. The van der Waals surface area contributed by atoms with Crippen molar-refractivity contribution in [2.45, 2.75) is 0 Å². The van der Waals surface area contributed by atoms with E-state index in [-0.39, 0.29) is 0 Å². The summed E-state index contributed by atoms with van der Waals surface area (Å²) in [4.78, 5) is 29.7. The maximum atomic E-state index is 5.14. The monoisotopic (exact) mass is 596 g/mol. The number of nitrogens with zero attached hydrogens (tertiary/aromatic N) is 8. The smallest absolute Gasteiger partial charge is 0.242 e. The molecule has 0 amide bonds. The van der Waals surface area contributed by atoms with Gasteiger partial charge in [-0.05, 0) is 66.7 Å². The van der Waals surface area contributed by atoms with Gasteiger partial charge in [-0.3, -0.25) is 4.57 Å². The molecule has 0 saturated heterocycles. The number of hydrogen-bond acceptors (Lipinski definition) is 7. The zero-order valence-electron chi connectivity index (χ0n) is 23.5. The minimum atomic E-state index is 0.435. The SMILES string of the molecule is c1ccc2c(c1)sc1ccc(-c3nc(-n4c5ccccc5c5cccnc54)nc(-n4c5ncccc5c5cccnc54)n3)cc12. The molecule has 0 bridgehead atoms. The lowest BCUT2D eigenvalue weighted by Gasteiger charge is -2.11. The molecule has 210 valence electrons. The van der Waals surface area contributed by atoms with E-state index < -0.39 is 0 Å². The van der Waals surface area contributed by atoms with Crippen molar-refractivity contribution in [3.05, 3.63) is 122 Å². The van der Waals surface area contributed by atoms with Gasteiger partial charge in [0.1, 0.15) is 16.9 Å². The molecule has 10 rings (SSSR count). The largest absolute Gasteiger partial charge is 0.262 e. The van der Waals surface area contributed by atoms with Gasteiger partial charge in [0, 0.05) is 65.9 Å². The zero-order valence-corrected chi connectivity index (χ0v) is 24.3. The number of fused-ring (bicyclic) bond motifs is 9. The van der Waals surface area contributed by atoms with Crippen LogP contribution in [0.4, 0.5) is 0 Å². The Morgan fingerprint density at radius 2 is 1.00 bits per heavy atom. The van der Waals surface area contributed by atoms with Crippen molar-refractivity contribution in [3.63, 3.8) is 0 Å². The lowest BCUT2D eigenvalue weighted by molar-refractivity contribution is 0.879. The van der Waals surface area contributed by atoms with Crippen LogP contribution in [0, 0.1) is 0 Å². The summed E-state index contributed by atoms with van der Waals surface area (Å²) in [6.07, 6.45) is 5.37. The number of para-hydroxylation sites is 1. The number of pyridine rings is 3. The first-order valence-corrected chi connectivity index (χ1v) is 15.4. The molecule has 45 heavy (non-hydrogen) atoms. The molecule has 10 aromatic rings. The molecule has 0 atom stereocenters. The number of benzene rings is 3. The first-order valence-electron chi connectivity index (χ1n) is 14.5. The van der Waals surface area contributed by atoms with E-state index in [0.717, 1.165) is 49.6 Å². The molecule has 9 heteroatoms. The molecule has 0 radical (unpaired) electrons. The number of aromatic nitrogens is 8. The quantitative estimate of drug-likeness (QED) is 0.204. The van der Waals surface area contributed by atoms with Crippen molar-refractivity contribution in [1.29, 1.82) is 0 Å². The first-order chi connectivity index (χ1) is 22.3. The van der Waals surface area contributed by atoms with Crippen LogP contribution in [-0.2, 0) is 0 Å². The molecule has 0 fully saturated rings. The summed E-state index contributed by atoms with van der Waals surface area (Å²) in [6, 6.07) is 35.2. The van der Waals surface area contributed by atoms with Crippen LogP contribution in [0.15, 0.2) is 122 Å². The van der Waals surface area contributed by atoms with Gasteiger partial charge < -0.3 is 0 Å². The van der Waals surface area contributed by atoms with Crippen molar-refractivity contribution in [2.75, 3.05) is 0 Å². The van der Waals surface area contributed by atoms with Gasteiger partial charge in [0.05, 0.1) is 5.52 Å². The molecule has 0 spiro atoms. The van der Waals surface area contributed by atoms with E-state index in [1.165, 1.54) is 20.2 Å². The zero-order chi connectivity index (χ0) is 29.5. The molecule has 0 aliphatic heterocycles. The summed E-state index contributed by atoms with van der Waals surface area (Å²) in [7, 11) is 0. The Balaban J connectivity index is 1.32. The van der Waals surface area contributed by atoms with E-state index >= 15 is 0 Å². The van der Waals surface area contributed by atoms with Gasteiger partial charge in [0.2, 0.25) is 11.9 Å². The summed E-state index contributed by atoms with van der Waals surface area (Å²) in [5.41, 5.74) is 4.10. The van der Waals surface area contributed by atoms with Gasteiger partial charge >= 0.3 is 0 Å². The fourth-order valence-corrected chi connectivity index (χ4v) is 7.49. The van der Waals surface area contributed by atoms with Crippen molar-refractivity contribution in [3.8, 4) is 23.3 Å². The highest BCUT2D eigenvalue weighted by atomic mass is 32.1. The third-order valence-electron chi connectivity index (χ3n) is 8.37. The van der Waals surface area contributed by atoms with Crippen LogP contribution in [0.2, 0.25) is 0 Å². The Labute approximate surface area is 258 Å². The molecule has 0 aliphatic carbocycles. The summed E-state index contributed by atoms with van der Waals surface area (Å²) < 4.78 is 6.42. The highest BCUT2D eigenvalue weighted by Gasteiger charge is 2.22. The Morgan fingerprint density at radius 3 is 1.73 bits per heavy atom. The van der Waals surface area contributed by atoms with Crippen molar-refractivity contribution in [2.24, 2.45) is 0 Å². The molecule has 0 unspecified atom stereocenters. The van der Waals surface area contributed by atoms with Gasteiger partial charge in [-0.25, -0.2) is 19.5 Å². The van der Waals surface area contributed by atoms with Gasteiger partial charge in [0.15, 0.2) is 5.82 Å². The van der Waals surface area contributed by atoms with Gasteiger partial charge in [-0.2, -0.15) is 15.0 Å². The molecule has 0 aliphatic rings. The minimum absolute atomic E-state index is 0.435. The summed E-state index contributed by atoms with van der Waals surface area (Å²) in [6.45, 7) is 0. The fraction of sp³-hybridized carbons (Fsp3) is 0. The van der Waals surface area contributed by atoms with Crippen LogP contribution in [0.1, 0.15) is 0 Å². The van der Waals surface area contributed by atoms with E-state index in [1.807, 2.05) is 39.5 Å². The second-order valence-electron chi connectivity index (χ2n) is 10.9. The van der Waals surface area contributed by atoms with Crippen LogP contribution in [0.25, 0.3) is 87.5 Å². The van der Waals surface area contributed by atoms with Crippen molar-refractivity contribution >= 4 is 75.5 Å². The minimum Gasteiger partial charge on any atom is -0.262 e. The van der Waals surface area contributed by atoms with Gasteiger partial charge in [-0.1, -0.05) is 36.4 Å². The molecule has 8 nitrogen and oxygen atoms in total. The maximum absolute atomic E-state index is 5.14. The predicted molar refractivity (Wildman–Crippen MR) is 180 cm³/mol. The van der Waals surface area contributed by atoms with Gasteiger partial charge in [-0.15, -0.1) is 11.3 Å². The highest BCUT2D eigenvalue weighted by molar-refractivity contribution is 7.25. The van der Waals surface area contributed by atoms with Crippen LogP contribution in [0.5, 0.6) is 0 Å². The third kappa shape index (κ3) is 3.52. The topological polar surface area (TPSA) is 87.2 Å². The summed E-state index contributed by atoms with van der Waals surface area (Å²) >= 11 is 1.79. The number of hydrogen-bond donors (Lipinski definition) is 0. The Bertz CT molecular complexity index is 2550. The van der Waals surface area contributed by atoms with Crippen molar-refractivity contribution < 1.29 is 0 Å². The molecular weight excluding hydrogens is 577 g/mol. The first kappa shape index (κ1) is 24.4. The van der Waals surface area contributed by atoms with E-state index in [9.17, 15) is 0 Å². The molecule has 7 aromatic heterocycles. The summed E-state index contributed by atoms with van der Waals surface area (Å²) in [5, 5.41) is 6.47. The third-order valence-corrected chi connectivity index (χ3v) is 9.52. The Morgan fingerprint density at radius 1 is 0.444 bits per heavy atom. The van der Waals surface area contributed by atoms with Crippen molar-refractivity contribution in [1.82, 2.24) is 39.0 Å². The van der Waals surface area contributed by atoms with E-state index in [4.69, 9.17) is 29.9 Å². The lowest BCUT2D eigenvalue weighted by atomic mass is 10.1. The lowest BCUT2D eigenvalue weighted by Crippen LogP contribution is -2.11. The Kier molecular flexibility index (Phi) is 5.00. The van der Waals surface area contributed by atoms with Crippen LogP contribution in [0.3, 0.4) is 0 Å². The average Bonchev–Trinajstić information content (AvgIpc) is 3.75. The van der Waals surface area contributed by atoms with Crippen LogP contribution < -0.4 is 0 Å². The summed E-state index contributed by atoms with van der Waals surface area (Å²) in [5.74, 6) is 1.46. The predicted octanol–water partition coefficient (Wildman–Crippen LogP) is 8.29. The van der Waals surface area contributed by atoms with E-state index in [1.54, 1.807) is 29.9 Å². The molecular formula is C36H20N8S. The van der Waals surface area contributed by atoms with Gasteiger partial charge in [0.25, 0.3) is 0 Å². The van der Waals surface area contributed by atoms with Crippen LogP contribution in [-0.4, -0.2) is 39.0 Å². The highest BCUT2D eigenvalue weighted by Crippen LogP contribution is 2.37. The Hall–Kier alpha value is -6.06. The second-order valence-corrected chi connectivity index (χ2v) is 12.0.